The van der Waals surface area contributed by atoms with Crippen molar-refractivity contribution in [3.63, 3.8) is 0 Å². The van der Waals surface area contributed by atoms with Crippen molar-refractivity contribution in [2.45, 2.75) is 58.4 Å². The van der Waals surface area contributed by atoms with Crippen LogP contribution in [-0.4, -0.2) is 98.9 Å². The molecule has 0 spiro atoms. The van der Waals surface area contributed by atoms with Crippen LogP contribution in [0.2, 0.25) is 0 Å². The summed E-state index contributed by atoms with van der Waals surface area (Å²) in [6, 6.07) is 0.335. The summed E-state index contributed by atoms with van der Waals surface area (Å²) in [6.07, 6.45) is -5.91. The first-order valence-corrected chi connectivity index (χ1v) is 10.2. The van der Waals surface area contributed by atoms with Crippen LogP contribution in [-0.2, 0) is 47.6 Å². The normalized spacial score (nSPS) is 26.0. The highest BCUT2D eigenvalue weighted by atomic mass is 35.5. The van der Waals surface area contributed by atoms with Crippen molar-refractivity contribution >= 4 is 35.5 Å². The highest BCUT2D eigenvalue weighted by molar-refractivity contribution is 6.16. The molecule has 0 aliphatic carbocycles. The van der Waals surface area contributed by atoms with Gasteiger partial charge >= 0.3 is 23.9 Å². The van der Waals surface area contributed by atoms with Crippen molar-refractivity contribution in [2.75, 3.05) is 39.9 Å². The summed E-state index contributed by atoms with van der Waals surface area (Å²) < 4.78 is 33.0. The van der Waals surface area contributed by atoms with Gasteiger partial charge in [0.1, 0.15) is 19.3 Å². The van der Waals surface area contributed by atoms with Gasteiger partial charge in [0.15, 0.2) is 30.6 Å². The molecule has 1 heterocycles. The summed E-state index contributed by atoms with van der Waals surface area (Å²) in [7, 11) is 3.78. The van der Waals surface area contributed by atoms with Gasteiger partial charge in [-0.15, -0.1) is 0 Å². The van der Waals surface area contributed by atoms with Gasteiger partial charge in [-0.3, -0.25) is 19.2 Å². The Morgan fingerprint density at radius 2 is 1.35 bits per heavy atom. The number of alkyl halides is 1. The van der Waals surface area contributed by atoms with Gasteiger partial charge in [-0.05, 0) is 0 Å². The number of quaternary nitrogens is 1. The van der Waals surface area contributed by atoms with E-state index in [9.17, 15) is 19.2 Å². The fourth-order valence-electron chi connectivity index (χ4n) is 2.80. The number of halogens is 1. The van der Waals surface area contributed by atoms with Gasteiger partial charge in [-0.1, -0.05) is 11.6 Å². The molecule has 178 valence electrons. The lowest BCUT2D eigenvalue weighted by atomic mass is 9.98. The molecule has 0 saturated carbocycles. The van der Waals surface area contributed by atoms with E-state index in [-0.39, 0.29) is 13.2 Å². The third-order valence-corrected chi connectivity index (χ3v) is 4.90. The summed E-state index contributed by atoms with van der Waals surface area (Å²) in [5.74, 6) is -2.67. The second-order valence-corrected chi connectivity index (χ2v) is 7.96. The topological polar surface area (TPSA) is 124 Å². The smallest absolute Gasteiger partial charge is 0.303 e. The van der Waals surface area contributed by atoms with E-state index in [4.69, 9.17) is 40.0 Å². The summed E-state index contributed by atoms with van der Waals surface area (Å²) in [4.78, 5) is 46.4. The Bertz CT molecular complexity index is 656. The molecule has 1 fully saturated rings. The summed E-state index contributed by atoms with van der Waals surface area (Å²) >= 11 is 5.92. The number of rotatable bonds is 10. The summed E-state index contributed by atoms with van der Waals surface area (Å²) in [5, 5.41) is 0. The third-order valence-electron chi connectivity index (χ3n) is 4.25. The van der Waals surface area contributed by atoms with E-state index in [1.165, 1.54) is 13.8 Å². The number of ether oxygens (including phenoxy) is 6. The van der Waals surface area contributed by atoms with Crippen LogP contribution >= 0.6 is 11.6 Å². The van der Waals surface area contributed by atoms with Crippen LogP contribution in [0.25, 0.3) is 0 Å². The zero-order valence-corrected chi connectivity index (χ0v) is 19.4. The molecule has 1 saturated heterocycles. The largest absolute Gasteiger partial charge is 0.463 e. The van der Waals surface area contributed by atoms with Gasteiger partial charge < -0.3 is 32.9 Å². The maximum atomic E-state index is 11.8. The Kier molecular flexibility index (Phi) is 10.6. The Hall–Kier alpha value is -1.95. The molecule has 0 aromatic rings. The minimum atomic E-state index is -1.25. The number of carbonyl (C=O) groups is 4. The fraction of sp³-hybridized carbons (Fsp3) is 0.789. The number of hydrogen-bond donors (Lipinski definition) is 0. The quantitative estimate of drug-likeness (QED) is 0.146. The number of likely N-dealkylation sites (N-methyl/N-ethyl adjacent to an activating group) is 1. The lowest BCUT2D eigenvalue weighted by molar-refractivity contribution is -0.879. The number of carbonyl (C=O) groups excluding carboxylic acids is 4. The molecule has 0 unspecified atom stereocenters. The minimum absolute atomic E-state index is 0.160. The summed E-state index contributed by atoms with van der Waals surface area (Å²) in [5.41, 5.74) is 0. The molecule has 1 rings (SSSR count). The zero-order chi connectivity index (χ0) is 23.8. The Morgan fingerprint density at radius 1 is 0.839 bits per heavy atom. The van der Waals surface area contributed by atoms with Crippen molar-refractivity contribution in [1.29, 1.82) is 0 Å². The standard InChI is InChI=1S/C19H31ClNO10/c1-11(22)27-9-15-16(28-12(2)23)17(29-13(3)24)18(30-14(4)25)19(31-15)26-8-7-21(5,6)10-20/h15-19H,7-10H2,1-6H3/q+1/t15-,16-,17+,18-,19-/m1/s1. The molecule has 12 heteroatoms. The lowest BCUT2D eigenvalue weighted by Crippen LogP contribution is -2.63. The highest BCUT2D eigenvalue weighted by Crippen LogP contribution is 2.30. The zero-order valence-electron chi connectivity index (χ0n) is 18.6. The second-order valence-electron chi connectivity index (χ2n) is 7.72. The van der Waals surface area contributed by atoms with E-state index in [0.717, 1.165) is 13.8 Å². The average molecular weight is 469 g/mol. The van der Waals surface area contributed by atoms with Crippen LogP contribution in [0.1, 0.15) is 27.7 Å². The van der Waals surface area contributed by atoms with Gasteiger partial charge in [0.25, 0.3) is 0 Å². The van der Waals surface area contributed by atoms with Crippen molar-refractivity contribution in [2.24, 2.45) is 0 Å². The van der Waals surface area contributed by atoms with Gasteiger partial charge in [0.05, 0.1) is 20.7 Å². The first-order chi connectivity index (χ1) is 14.4. The van der Waals surface area contributed by atoms with E-state index < -0.39 is 54.6 Å². The second kappa shape index (κ2) is 12.2. The van der Waals surface area contributed by atoms with E-state index in [1.54, 1.807) is 0 Å². The van der Waals surface area contributed by atoms with Crippen molar-refractivity contribution in [1.82, 2.24) is 0 Å². The van der Waals surface area contributed by atoms with Crippen LogP contribution in [0.3, 0.4) is 0 Å². The van der Waals surface area contributed by atoms with Gasteiger partial charge in [-0.25, -0.2) is 0 Å². The van der Waals surface area contributed by atoms with E-state index >= 15 is 0 Å². The monoisotopic (exact) mass is 468 g/mol. The van der Waals surface area contributed by atoms with E-state index in [0.29, 0.717) is 17.0 Å². The van der Waals surface area contributed by atoms with Gasteiger partial charge in [-0.2, -0.15) is 0 Å². The lowest BCUT2D eigenvalue weighted by Gasteiger charge is -2.44. The molecule has 0 radical (unpaired) electrons. The molecule has 0 N–H and O–H groups in total. The minimum Gasteiger partial charge on any atom is -0.463 e. The Labute approximate surface area is 186 Å². The molecule has 11 nitrogen and oxygen atoms in total. The molecular weight excluding hydrogens is 438 g/mol. The first-order valence-electron chi connectivity index (χ1n) is 9.66. The maximum Gasteiger partial charge on any atom is 0.303 e. The fourth-order valence-corrected chi connectivity index (χ4v) is 2.92. The predicted octanol–water partition coefficient (Wildman–Crippen LogP) is 0.359. The van der Waals surface area contributed by atoms with Crippen molar-refractivity contribution < 1.29 is 52.1 Å². The van der Waals surface area contributed by atoms with Crippen LogP contribution in [0.4, 0.5) is 0 Å². The molecule has 0 aromatic heterocycles. The first kappa shape index (κ1) is 27.1. The maximum absolute atomic E-state index is 11.8. The SMILES string of the molecule is CC(=O)OC[C@H]1O[C@@H](OCC[N+](C)(C)CCl)[C@H](OC(C)=O)[C@@H](OC(C)=O)[C@@H]1OC(C)=O. The van der Waals surface area contributed by atoms with Crippen LogP contribution < -0.4 is 0 Å². The van der Waals surface area contributed by atoms with E-state index in [1.807, 2.05) is 14.1 Å². The molecule has 0 bridgehead atoms. The van der Waals surface area contributed by atoms with Crippen molar-refractivity contribution in [3.8, 4) is 0 Å². The van der Waals surface area contributed by atoms with E-state index in [2.05, 4.69) is 0 Å². The Morgan fingerprint density at radius 3 is 1.84 bits per heavy atom. The number of esters is 4. The molecule has 0 aromatic carbocycles. The number of nitrogens with zero attached hydrogens (tertiary/aromatic N) is 1. The van der Waals surface area contributed by atoms with Crippen LogP contribution in [0.5, 0.6) is 0 Å². The Balaban J connectivity index is 3.21. The van der Waals surface area contributed by atoms with Crippen LogP contribution in [0.15, 0.2) is 0 Å². The number of hydrogen-bond acceptors (Lipinski definition) is 10. The molecule has 5 atom stereocenters. The van der Waals surface area contributed by atoms with Gasteiger partial charge in [0, 0.05) is 27.7 Å². The predicted molar refractivity (Wildman–Crippen MR) is 106 cm³/mol. The average Bonchev–Trinajstić information content (AvgIpc) is 2.63. The molecule has 1 aliphatic rings. The molecule has 31 heavy (non-hydrogen) atoms. The summed E-state index contributed by atoms with van der Waals surface area (Å²) in [6.45, 7) is 5.03. The molecular formula is C19H31ClNO10+. The molecule has 1 aliphatic heterocycles. The van der Waals surface area contributed by atoms with Crippen molar-refractivity contribution in [3.05, 3.63) is 0 Å². The molecule has 0 amide bonds. The highest BCUT2D eigenvalue weighted by Gasteiger charge is 2.52. The third kappa shape index (κ3) is 9.38. The van der Waals surface area contributed by atoms with Crippen LogP contribution in [0, 0.1) is 0 Å². The van der Waals surface area contributed by atoms with Gasteiger partial charge in [0.2, 0.25) is 0 Å².